The van der Waals surface area contributed by atoms with E-state index in [2.05, 4.69) is 19.7 Å². The summed E-state index contributed by atoms with van der Waals surface area (Å²) in [5.41, 5.74) is 1.01. The van der Waals surface area contributed by atoms with Crippen molar-refractivity contribution >= 4 is 15.7 Å². The van der Waals surface area contributed by atoms with Crippen LogP contribution in [0.4, 0.5) is 18.9 Å². The number of nitrogens with zero attached hydrogens (tertiary/aromatic N) is 3. The van der Waals surface area contributed by atoms with Crippen LogP contribution in [0.15, 0.2) is 53.4 Å². The summed E-state index contributed by atoms with van der Waals surface area (Å²) in [5.74, 6) is 1.05. The molecule has 0 fully saturated rings. The molecule has 1 aromatic heterocycles. The summed E-state index contributed by atoms with van der Waals surface area (Å²) in [6, 6.07) is 10.7. The molecule has 152 valence electrons. The SMILES string of the molecule is O=S(=O)(Nc1cccc(-c2nnc3n2CCC3)c1)c1ccc(OC(F)(F)F)cc1. The number of fused-ring (bicyclic) bond motifs is 1. The largest absolute Gasteiger partial charge is 0.573 e. The van der Waals surface area contributed by atoms with E-state index in [9.17, 15) is 21.6 Å². The second kappa shape index (κ2) is 7.07. The van der Waals surface area contributed by atoms with Crippen molar-refractivity contribution in [2.75, 3.05) is 4.72 Å². The summed E-state index contributed by atoms with van der Waals surface area (Å²) in [7, 11) is -4.00. The first-order valence-electron chi connectivity index (χ1n) is 8.62. The molecule has 0 amide bonds. The Balaban J connectivity index is 1.55. The standard InChI is InChI=1S/C18H15F3N4O3S/c19-18(20,21)28-14-6-8-15(9-7-14)29(26,27)24-13-4-1-3-12(11-13)17-23-22-16-5-2-10-25(16)17/h1,3-4,6-9,11,24H,2,5,10H2. The van der Waals surface area contributed by atoms with Crippen molar-refractivity contribution in [2.45, 2.75) is 30.6 Å². The van der Waals surface area contributed by atoms with Gasteiger partial charge in [-0.25, -0.2) is 8.42 Å². The number of aryl methyl sites for hydroxylation is 1. The minimum atomic E-state index is -4.85. The van der Waals surface area contributed by atoms with Crippen molar-refractivity contribution < 1.29 is 26.3 Å². The van der Waals surface area contributed by atoms with Crippen LogP contribution in [0, 0.1) is 0 Å². The average Bonchev–Trinajstić information content (AvgIpc) is 3.24. The molecule has 11 heteroatoms. The lowest BCUT2D eigenvalue weighted by Crippen LogP contribution is -2.17. The Hall–Kier alpha value is -3.08. The van der Waals surface area contributed by atoms with Gasteiger partial charge in [-0.2, -0.15) is 0 Å². The van der Waals surface area contributed by atoms with E-state index in [-0.39, 0.29) is 4.90 Å². The Morgan fingerprint density at radius 1 is 1.07 bits per heavy atom. The molecule has 1 aliphatic rings. The summed E-state index contributed by atoms with van der Waals surface area (Å²) in [6.45, 7) is 0.806. The van der Waals surface area contributed by atoms with Gasteiger partial charge in [0.1, 0.15) is 11.6 Å². The van der Waals surface area contributed by atoms with Crippen LogP contribution >= 0.6 is 0 Å². The highest BCUT2D eigenvalue weighted by molar-refractivity contribution is 7.92. The predicted octanol–water partition coefficient (Wildman–Crippen LogP) is 3.59. The number of aromatic nitrogens is 3. The summed E-state index contributed by atoms with van der Waals surface area (Å²) < 4.78 is 70.0. The van der Waals surface area contributed by atoms with Gasteiger partial charge in [-0.05, 0) is 42.8 Å². The van der Waals surface area contributed by atoms with Crippen molar-refractivity contribution in [1.29, 1.82) is 0 Å². The van der Waals surface area contributed by atoms with E-state index in [0.29, 0.717) is 17.1 Å². The molecule has 29 heavy (non-hydrogen) atoms. The van der Waals surface area contributed by atoms with E-state index in [1.807, 2.05) is 4.57 Å². The summed E-state index contributed by atoms with van der Waals surface area (Å²) >= 11 is 0. The number of benzene rings is 2. The molecular weight excluding hydrogens is 409 g/mol. The van der Waals surface area contributed by atoms with E-state index >= 15 is 0 Å². The third-order valence-electron chi connectivity index (χ3n) is 4.35. The van der Waals surface area contributed by atoms with Crippen LogP contribution in [0.2, 0.25) is 0 Å². The average molecular weight is 424 g/mol. The van der Waals surface area contributed by atoms with Crippen molar-refractivity contribution in [3.05, 3.63) is 54.4 Å². The van der Waals surface area contributed by atoms with E-state index in [1.165, 1.54) is 0 Å². The van der Waals surface area contributed by atoms with Gasteiger partial charge in [-0.3, -0.25) is 4.72 Å². The number of hydrogen-bond donors (Lipinski definition) is 1. The molecule has 1 N–H and O–H groups in total. The van der Waals surface area contributed by atoms with E-state index < -0.39 is 22.1 Å². The lowest BCUT2D eigenvalue weighted by Gasteiger charge is -2.11. The fraction of sp³-hybridized carbons (Fsp3) is 0.222. The van der Waals surface area contributed by atoms with Gasteiger partial charge in [0.25, 0.3) is 10.0 Å². The molecule has 3 aromatic rings. The number of anilines is 1. The minimum absolute atomic E-state index is 0.194. The Kier molecular flexibility index (Phi) is 4.69. The van der Waals surface area contributed by atoms with Crippen LogP contribution in [-0.2, 0) is 23.0 Å². The van der Waals surface area contributed by atoms with Crippen molar-refractivity contribution in [3.63, 3.8) is 0 Å². The molecule has 0 atom stereocenters. The normalized spacial score (nSPS) is 13.9. The van der Waals surface area contributed by atoms with Crippen LogP contribution in [0.3, 0.4) is 0 Å². The topological polar surface area (TPSA) is 86.1 Å². The van der Waals surface area contributed by atoms with E-state index in [0.717, 1.165) is 49.5 Å². The Labute approximate surface area is 164 Å². The maximum atomic E-state index is 12.6. The first kappa shape index (κ1) is 19.2. The van der Waals surface area contributed by atoms with Crippen molar-refractivity contribution in [1.82, 2.24) is 14.8 Å². The molecule has 2 aromatic carbocycles. The molecule has 0 bridgehead atoms. The van der Waals surface area contributed by atoms with Crippen LogP contribution in [0.5, 0.6) is 5.75 Å². The fourth-order valence-corrected chi connectivity index (χ4v) is 4.17. The number of hydrogen-bond acceptors (Lipinski definition) is 5. The number of halogens is 3. The molecule has 7 nitrogen and oxygen atoms in total. The second-order valence-corrected chi connectivity index (χ2v) is 8.08. The van der Waals surface area contributed by atoms with Gasteiger partial charge >= 0.3 is 6.36 Å². The number of sulfonamides is 1. The van der Waals surface area contributed by atoms with Gasteiger partial charge in [0.2, 0.25) is 0 Å². The highest BCUT2D eigenvalue weighted by Gasteiger charge is 2.31. The number of nitrogens with one attached hydrogen (secondary N) is 1. The lowest BCUT2D eigenvalue weighted by atomic mass is 10.2. The Morgan fingerprint density at radius 2 is 1.83 bits per heavy atom. The highest BCUT2D eigenvalue weighted by atomic mass is 32.2. The van der Waals surface area contributed by atoms with E-state index in [1.54, 1.807) is 24.3 Å². The number of rotatable bonds is 5. The minimum Gasteiger partial charge on any atom is -0.406 e. The first-order valence-corrected chi connectivity index (χ1v) is 10.1. The van der Waals surface area contributed by atoms with Gasteiger partial charge in [0.05, 0.1) is 4.90 Å². The summed E-state index contributed by atoms with van der Waals surface area (Å²) in [4.78, 5) is -0.194. The lowest BCUT2D eigenvalue weighted by molar-refractivity contribution is -0.274. The monoisotopic (exact) mass is 424 g/mol. The molecule has 2 heterocycles. The molecule has 4 rings (SSSR count). The molecule has 0 saturated carbocycles. The Bertz CT molecular complexity index is 1140. The van der Waals surface area contributed by atoms with Crippen LogP contribution in [0.1, 0.15) is 12.2 Å². The summed E-state index contributed by atoms with van der Waals surface area (Å²) in [6.07, 6.45) is -3.01. The molecule has 0 unspecified atom stereocenters. The zero-order valence-electron chi connectivity index (χ0n) is 14.8. The Morgan fingerprint density at radius 3 is 2.55 bits per heavy atom. The quantitative estimate of drug-likeness (QED) is 0.677. The third-order valence-corrected chi connectivity index (χ3v) is 5.75. The zero-order chi connectivity index (χ0) is 20.6. The molecule has 1 aliphatic heterocycles. The maximum absolute atomic E-state index is 12.6. The second-order valence-electron chi connectivity index (χ2n) is 6.40. The molecular formula is C18H15F3N4O3S. The predicted molar refractivity (Wildman–Crippen MR) is 97.7 cm³/mol. The number of ether oxygens (including phenoxy) is 1. The van der Waals surface area contributed by atoms with Crippen molar-refractivity contribution in [2.24, 2.45) is 0 Å². The molecule has 0 aliphatic carbocycles. The van der Waals surface area contributed by atoms with Gasteiger partial charge in [-0.1, -0.05) is 12.1 Å². The van der Waals surface area contributed by atoms with E-state index in [4.69, 9.17) is 0 Å². The van der Waals surface area contributed by atoms with Gasteiger partial charge in [0, 0.05) is 24.2 Å². The highest BCUT2D eigenvalue weighted by Crippen LogP contribution is 2.27. The van der Waals surface area contributed by atoms with Crippen LogP contribution in [-0.4, -0.2) is 29.5 Å². The first-order chi connectivity index (χ1) is 13.7. The molecule has 0 spiro atoms. The number of alkyl halides is 3. The fourth-order valence-electron chi connectivity index (χ4n) is 3.12. The van der Waals surface area contributed by atoms with Gasteiger partial charge in [0.15, 0.2) is 5.82 Å². The molecule has 0 saturated heterocycles. The van der Waals surface area contributed by atoms with Crippen molar-refractivity contribution in [3.8, 4) is 17.1 Å². The van der Waals surface area contributed by atoms with Gasteiger partial charge in [-0.15, -0.1) is 23.4 Å². The van der Waals surface area contributed by atoms with Crippen LogP contribution in [0.25, 0.3) is 11.4 Å². The smallest absolute Gasteiger partial charge is 0.406 e. The van der Waals surface area contributed by atoms with Crippen LogP contribution < -0.4 is 9.46 Å². The third kappa shape index (κ3) is 4.19. The molecule has 0 radical (unpaired) electrons. The maximum Gasteiger partial charge on any atom is 0.573 e. The van der Waals surface area contributed by atoms with Gasteiger partial charge < -0.3 is 9.30 Å². The zero-order valence-corrected chi connectivity index (χ0v) is 15.7. The summed E-state index contributed by atoms with van der Waals surface area (Å²) in [5, 5.41) is 8.31.